The lowest BCUT2D eigenvalue weighted by Crippen LogP contribution is -2.29. The van der Waals surface area contributed by atoms with Gasteiger partial charge in [-0.05, 0) is 39.4 Å². The lowest BCUT2D eigenvalue weighted by atomic mass is 10.0. The standard InChI is InChI=1S/C19H28N6O/c1-13-6-5-9-25(13)19-22-16(15-7-8-21-12-15)11-18(24-19)23-17(20-3)10-14(2)26-4/h10-11,13,15,21H,2-3,5-9,12H2,1,4H3,(H,22,23,24)/b17-10+. The molecule has 0 aliphatic carbocycles. The molecule has 2 aliphatic heterocycles. The molecule has 0 spiro atoms. The first-order valence-corrected chi connectivity index (χ1v) is 9.15. The van der Waals surface area contributed by atoms with Gasteiger partial charge in [-0.1, -0.05) is 6.58 Å². The second-order valence-corrected chi connectivity index (χ2v) is 6.84. The molecule has 0 radical (unpaired) electrons. The summed E-state index contributed by atoms with van der Waals surface area (Å²) in [7, 11) is 1.57. The van der Waals surface area contributed by atoms with E-state index in [0.29, 0.717) is 23.5 Å². The van der Waals surface area contributed by atoms with Gasteiger partial charge in [0.2, 0.25) is 5.95 Å². The van der Waals surface area contributed by atoms with Crippen LogP contribution >= 0.6 is 0 Å². The number of hydrogen-bond donors (Lipinski definition) is 2. The van der Waals surface area contributed by atoms with E-state index < -0.39 is 0 Å². The average Bonchev–Trinajstić information content (AvgIpc) is 3.32. The highest BCUT2D eigenvalue weighted by atomic mass is 16.5. The van der Waals surface area contributed by atoms with Crippen LogP contribution in [0.3, 0.4) is 0 Å². The molecule has 2 saturated heterocycles. The zero-order chi connectivity index (χ0) is 18.5. The zero-order valence-electron chi connectivity index (χ0n) is 15.7. The molecule has 0 aromatic carbocycles. The van der Waals surface area contributed by atoms with E-state index in [-0.39, 0.29) is 0 Å². The molecule has 0 bridgehead atoms. The fraction of sp³-hybridized carbons (Fsp3) is 0.526. The van der Waals surface area contributed by atoms with E-state index in [0.717, 1.165) is 43.5 Å². The Hall–Kier alpha value is -2.41. The minimum absolute atomic E-state index is 0.410. The number of nitrogens with zero attached hydrogens (tertiary/aromatic N) is 4. The number of allylic oxidation sites excluding steroid dienone is 1. The first-order chi connectivity index (χ1) is 12.6. The monoisotopic (exact) mass is 356 g/mol. The van der Waals surface area contributed by atoms with E-state index in [1.807, 2.05) is 6.07 Å². The van der Waals surface area contributed by atoms with E-state index >= 15 is 0 Å². The Morgan fingerprint density at radius 1 is 1.46 bits per heavy atom. The van der Waals surface area contributed by atoms with Crippen LogP contribution in [0, 0.1) is 0 Å². The summed E-state index contributed by atoms with van der Waals surface area (Å²) < 4.78 is 5.10. The summed E-state index contributed by atoms with van der Waals surface area (Å²) in [5.74, 6) is 2.97. The fourth-order valence-electron chi connectivity index (χ4n) is 3.46. The van der Waals surface area contributed by atoms with Crippen LogP contribution in [0.1, 0.15) is 37.8 Å². The summed E-state index contributed by atoms with van der Waals surface area (Å²) in [6.45, 7) is 12.6. The predicted molar refractivity (Wildman–Crippen MR) is 106 cm³/mol. The van der Waals surface area contributed by atoms with Crippen LogP contribution in [0.25, 0.3) is 0 Å². The number of hydrogen-bond acceptors (Lipinski definition) is 7. The molecular weight excluding hydrogens is 328 g/mol. The van der Waals surface area contributed by atoms with Crippen molar-refractivity contribution in [2.24, 2.45) is 4.99 Å². The summed E-state index contributed by atoms with van der Waals surface area (Å²) in [5, 5.41) is 6.64. The summed E-state index contributed by atoms with van der Waals surface area (Å²) >= 11 is 0. The normalized spacial score (nSPS) is 23.2. The molecule has 26 heavy (non-hydrogen) atoms. The number of aromatic nitrogens is 2. The van der Waals surface area contributed by atoms with Gasteiger partial charge in [0, 0.05) is 37.2 Å². The third-order valence-corrected chi connectivity index (χ3v) is 5.01. The summed E-state index contributed by atoms with van der Waals surface area (Å²) in [4.78, 5) is 15.9. The van der Waals surface area contributed by atoms with Crippen molar-refractivity contribution in [3.63, 3.8) is 0 Å². The first kappa shape index (κ1) is 18.4. The van der Waals surface area contributed by atoms with E-state index in [2.05, 4.69) is 40.7 Å². The zero-order valence-corrected chi connectivity index (χ0v) is 15.7. The van der Waals surface area contributed by atoms with Crippen LogP contribution in [0.15, 0.2) is 35.3 Å². The third kappa shape index (κ3) is 4.22. The highest BCUT2D eigenvalue weighted by Gasteiger charge is 2.26. The number of anilines is 2. The smallest absolute Gasteiger partial charge is 0.227 e. The molecule has 2 fully saturated rings. The van der Waals surface area contributed by atoms with Crippen molar-refractivity contribution in [3.8, 4) is 0 Å². The summed E-state index contributed by atoms with van der Waals surface area (Å²) in [6.07, 6.45) is 5.14. The van der Waals surface area contributed by atoms with E-state index in [9.17, 15) is 0 Å². The van der Waals surface area contributed by atoms with E-state index in [1.54, 1.807) is 13.2 Å². The molecule has 1 aromatic rings. The lowest BCUT2D eigenvalue weighted by molar-refractivity contribution is 0.308. The van der Waals surface area contributed by atoms with Gasteiger partial charge in [-0.2, -0.15) is 4.98 Å². The average molecular weight is 356 g/mol. The minimum Gasteiger partial charge on any atom is -0.497 e. The first-order valence-electron chi connectivity index (χ1n) is 9.15. The molecule has 7 heteroatoms. The van der Waals surface area contributed by atoms with Crippen molar-refractivity contribution < 1.29 is 4.74 Å². The van der Waals surface area contributed by atoms with Gasteiger partial charge in [0.15, 0.2) is 0 Å². The molecule has 0 saturated carbocycles. The van der Waals surface area contributed by atoms with Gasteiger partial charge in [0.1, 0.15) is 17.4 Å². The molecule has 2 atom stereocenters. The van der Waals surface area contributed by atoms with Gasteiger partial charge in [0.25, 0.3) is 0 Å². The number of nitrogens with one attached hydrogen (secondary N) is 2. The van der Waals surface area contributed by atoms with Crippen molar-refractivity contribution in [2.45, 2.75) is 38.1 Å². The summed E-state index contributed by atoms with van der Waals surface area (Å²) in [5.41, 5.74) is 1.07. The highest BCUT2D eigenvalue weighted by Crippen LogP contribution is 2.28. The van der Waals surface area contributed by atoms with Crippen LogP contribution < -0.4 is 15.5 Å². The number of rotatable bonds is 7. The van der Waals surface area contributed by atoms with E-state index in [1.165, 1.54) is 12.8 Å². The number of aliphatic imine (C=N–C) groups is 1. The van der Waals surface area contributed by atoms with Crippen LogP contribution in [-0.4, -0.2) is 49.5 Å². The Morgan fingerprint density at radius 2 is 2.31 bits per heavy atom. The van der Waals surface area contributed by atoms with Gasteiger partial charge < -0.3 is 20.3 Å². The maximum atomic E-state index is 5.10. The van der Waals surface area contributed by atoms with Crippen molar-refractivity contribution in [1.29, 1.82) is 0 Å². The van der Waals surface area contributed by atoms with Gasteiger partial charge >= 0.3 is 0 Å². The largest absolute Gasteiger partial charge is 0.497 e. The maximum Gasteiger partial charge on any atom is 0.227 e. The molecule has 2 unspecified atom stereocenters. The topological polar surface area (TPSA) is 74.7 Å². The molecule has 3 heterocycles. The molecule has 140 valence electrons. The van der Waals surface area contributed by atoms with Crippen LogP contribution in [0.2, 0.25) is 0 Å². The van der Waals surface area contributed by atoms with Crippen molar-refractivity contribution in [1.82, 2.24) is 15.3 Å². The Kier molecular flexibility index (Phi) is 5.88. The molecule has 2 aliphatic rings. The Balaban J connectivity index is 1.92. The highest BCUT2D eigenvalue weighted by molar-refractivity contribution is 5.50. The van der Waals surface area contributed by atoms with Gasteiger partial charge in [-0.25, -0.2) is 9.98 Å². The SMILES string of the molecule is C=N/C(=C\C(=C)OC)Nc1cc(C2CCNC2)nc(N2CCCC2C)n1. The summed E-state index contributed by atoms with van der Waals surface area (Å²) in [6, 6.07) is 2.47. The quantitative estimate of drug-likeness (QED) is 0.444. The van der Waals surface area contributed by atoms with Crippen LogP contribution in [0.5, 0.6) is 0 Å². The molecule has 0 amide bonds. The van der Waals surface area contributed by atoms with Gasteiger partial charge in [0.05, 0.1) is 12.8 Å². The minimum atomic E-state index is 0.410. The van der Waals surface area contributed by atoms with Crippen LogP contribution in [-0.2, 0) is 4.74 Å². The van der Waals surface area contributed by atoms with E-state index in [4.69, 9.17) is 14.7 Å². The molecule has 3 rings (SSSR count). The van der Waals surface area contributed by atoms with Crippen LogP contribution in [0.4, 0.5) is 11.8 Å². The van der Waals surface area contributed by atoms with Crippen molar-refractivity contribution >= 4 is 18.5 Å². The Labute approximate surface area is 155 Å². The number of ether oxygens (including phenoxy) is 1. The second-order valence-electron chi connectivity index (χ2n) is 6.84. The molecule has 7 nitrogen and oxygen atoms in total. The number of methoxy groups -OCH3 is 1. The second kappa shape index (κ2) is 8.31. The van der Waals surface area contributed by atoms with Gasteiger partial charge in [-0.15, -0.1) is 0 Å². The fourth-order valence-corrected chi connectivity index (χ4v) is 3.46. The van der Waals surface area contributed by atoms with Crippen molar-refractivity contribution in [3.05, 3.63) is 36.0 Å². The van der Waals surface area contributed by atoms with Gasteiger partial charge in [-0.3, -0.25) is 0 Å². The lowest BCUT2D eigenvalue weighted by Gasteiger charge is -2.23. The molecular formula is C19H28N6O. The predicted octanol–water partition coefficient (Wildman–Crippen LogP) is 2.66. The molecule has 2 N–H and O–H groups in total. The Bertz CT molecular complexity index is 695. The van der Waals surface area contributed by atoms with Crippen molar-refractivity contribution in [2.75, 3.05) is 37.0 Å². The molecule has 1 aromatic heterocycles. The third-order valence-electron chi connectivity index (χ3n) is 5.01. The Morgan fingerprint density at radius 3 is 2.92 bits per heavy atom. The maximum absolute atomic E-state index is 5.10.